The lowest BCUT2D eigenvalue weighted by atomic mass is 9.94. The molecule has 0 N–H and O–H groups in total. The number of nitrogens with zero attached hydrogens (tertiary/aromatic N) is 4. The van der Waals surface area contributed by atoms with Crippen LogP contribution in [-0.4, -0.2) is 32.8 Å². The van der Waals surface area contributed by atoms with E-state index in [9.17, 15) is 0 Å². The number of likely N-dealkylation sites (tertiary alicyclic amines) is 1. The molecule has 22 heavy (non-hydrogen) atoms. The molecule has 4 nitrogen and oxygen atoms in total. The van der Waals surface area contributed by atoms with Gasteiger partial charge in [-0.1, -0.05) is 0 Å². The first-order chi connectivity index (χ1) is 10.8. The van der Waals surface area contributed by atoms with Crippen LogP contribution in [0.5, 0.6) is 0 Å². The average molecular weight is 312 g/mol. The van der Waals surface area contributed by atoms with Gasteiger partial charge in [0.15, 0.2) is 5.65 Å². The second kappa shape index (κ2) is 5.82. The van der Waals surface area contributed by atoms with E-state index in [1.54, 1.807) is 11.3 Å². The van der Waals surface area contributed by atoms with E-state index in [0.717, 1.165) is 24.1 Å². The largest absolute Gasteiger partial charge is 0.298 e. The molecular formula is C17H20N4S. The smallest absolute Gasteiger partial charge is 0.157 e. The second-order valence-corrected chi connectivity index (χ2v) is 6.90. The third-order valence-electron chi connectivity index (χ3n) is 4.51. The van der Waals surface area contributed by atoms with E-state index in [-0.39, 0.29) is 0 Å². The Morgan fingerprint density at radius 1 is 1.32 bits per heavy atom. The van der Waals surface area contributed by atoms with Crippen LogP contribution in [-0.2, 0) is 13.6 Å². The fourth-order valence-electron chi connectivity index (χ4n) is 3.35. The summed E-state index contributed by atoms with van der Waals surface area (Å²) in [5.41, 5.74) is 3.64. The first-order valence-electron chi connectivity index (χ1n) is 7.82. The van der Waals surface area contributed by atoms with Crippen LogP contribution in [0.3, 0.4) is 0 Å². The molecule has 0 aliphatic carbocycles. The van der Waals surface area contributed by atoms with Crippen molar-refractivity contribution in [3.8, 4) is 0 Å². The van der Waals surface area contributed by atoms with E-state index in [1.807, 2.05) is 17.9 Å². The number of aryl methyl sites for hydroxylation is 1. The molecule has 1 aliphatic heterocycles. The molecule has 0 bridgehead atoms. The summed E-state index contributed by atoms with van der Waals surface area (Å²) >= 11 is 1.78. The zero-order valence-corrected chi connectivity index (χ0v) is 13.6. The Hall–Kier alpha value is -1.72. The molecule has 0 spiro atoms. The van der Waals surface area contributed by atoms with Gasteiger partial charge in [0.25, 0.3) is 0 Å². The van der Waals surface area contributed by atoms with Crippen molar-refractivity contribution in [3.05, 3.63) is 46.4 Å². The van der Waals surface area contributed by atoms with Crippen molar-refractivity contribution in [3.63, 3.8) is 0 Å². The van der Waals surface area contributed by atoms with E-state index < -0.39 is 0 Å². The van der Waals surface area contributed by atoms with Crippen molar-refractivity contribution < 1.29 is 0 Å². The van der Waals surface area contributed by atoms with Crippen LogP contribution in [0.1, 0.15) is 30.0 Å². The van der Waals surface area contributed by atoms with Gasteiger partial charge in [0, 0.05) is 37.1 Å². The highest BCUT2D eigenvalue weighted by Crippen LogP contribution is 2.28. The molecule has 1 atom stereocenters. The number of piperidine rings is 1. The number of pyridine rings is 1. The summed E-state index contributed by atoms with van der Waals surface area (Å²) in [6, 6.07) is 6.57. The lowest BCUT2D eigenvalue weighted by molar-refractivity contribution is 0.199. The summed E-state index contributed by atoms with van der Waals surface area (Å²) in [5, 5.41) is 9.83. The highest BCUT2D eigenvalue weighted by atomic mass is 32.1. The van der Waals surface area contributed by atoms with Crippen molar-refractivity contribution in [2.45, 2.75) is 25.3 Å². The Morgan fingerprint density at radius 3 is 3.14 bits per heavy atom. The fraction of sp³-hybridized carbons (Fsp3) is 0.412. The van der Waals surface area contributed by atoms with Crippen LogP contribution < -0.4 is 0 Å². The van der Waals surface area contributed by atoms with Gasteiger partial charge in [-0.15, -0.1) is 0 Å². The minimum atomic E-state index is 0.534. The molecule has 0 amide bonds. The van der Waals surface area contributed by atoms with E-state index in [0.29, 0.717) is 5.92 Å². The maximum atomic E-state index is 4.87. The predicted molar refractivity (Wildman–Crippen MR) is 90.1 cm³/mol. The summed E-state index contributed by atoms with van der Waals surface area (Å²) in [7, 11) is 1.96. The summed E-state index contributed by atoms with van der Waals surface area (Å²) in [4.78, 5) is 7.43. The molecule has 3 aromatic heterocycles. The average Bonchev–Trinajstić information content (AvgIpc) is 3.18. The molecule has 3 aromatic rings. The van der Waals surface area contributed by atoms with Crippen molar-refractivity contribution in [2.24, 2.45) is 7.05 Å². The van der Waals surface area contributed by atoms with Gasteiger partial charge in [-0.2, -0.15) is 16.4 Å². The summed E-state index contributed by atoms with van der Waals surface area (Å²) in [5.74, 6) is 0.534. The number of fused-ring (bicyclic) bond motifs is 1. The maximum Gasteiger partial charge on any atom is 0.157 e. The summed E-state index contributed by atoms with van der Waals surface area (Å²) in [6.45, 7) is 3.36. The molecule has 0 aromatic carbocycles. The molecule has 114 valence electrons. The Bertz CT molecular complexity index is 762. The number of aromatic nitrogens is 3. The SMILES string of the molecule is Cn1ncc2ccc([C@@H]3CCCN(Cc4ccsc4)C3)nc21. The van der Waals surface area contributed by atoms with Crippen LogP contribution in [0.15, 0.2) is 35.2 Å². The Morgan fingerprint density at radius 2 is 2.27 bits per heavy atom. The molecular weight excluding hydrogens is 292 g/mol. The van der Waals surface area contributed by atoms with Gasteiger partial charge in [-0.3, -0.25) is 9.58 Å². The monoisotopic (exact) mass is 312 g/mol. The quantitative estimate of drug-likeness (QED) is 0.743. The fourth-order valence-corrected chi connectivity index (χ4v) is 4.01. The Labute approximate surface area is 134 Å². The highest BCUT2D eigenvalue weighted by molar-refractivity contribution is 7.07. The Balaban J connectivity index is 1.54. The van der Waals surface area contributed by atoms with Crippen molar-refractivity contribution >= 4 is 22.4 Å². The number of thiophene rings is 1. The van der Waals surface area contributed by atoms with Gasteiger partial charge in [0.2, 0.25) is 0 Å². The van der Waals surface area contributed by atoms with Crippen molar-refractivity contribution in [1.82, 2.24) is 19.7 Å². The standard InChI is InChI=1S/C17H20N4S/c1-20-17-14(9-18-20)4-5-16(19-17)15-3-2-7-21(11-15)10-13-6-8-22-12-13/h4-6,8-9,12,15H,2-3,7,10-11H2,1H3/t15-/m1/s1. The van der Waals surface area contributed by atoms with Gasteiger partial charge < -0.3 is 0 Å². The third kappa shape index (κ3) is 2.66. The summed E-state index contributed by atoms with van der Waals surface area (Å²) < 4.78 is 1.87. The van der Waals surface area contributed by atoms with Crippen molar-refractivity contribution in [2.75, 3.05) is 13.1 Å². The van der Waals surface area contributed by atoms with E-state index in [2.05, 4.69) is 39.0 Å². The minimum Gasteiger partial charge on any atom is -0.298 e. The first kappa shape index (κ1) is 13.9. The molecule has 4 heterocycles. The van der Waals surface area contributed by atoms with Gasteiger partial charge in [0.05, 0.1) is 6.20 Å². The van der Waals surface area contributed by atoms with Gasteiger partial charge in [-0.25, -0.2) is 4.98 Å². The van der Waals surface area contributed by atoms with E-state index in [4.69, 9.17) is 4.98 Å². The molecule has 4 rings (SSSR count). The molecule has 1 fully saturated rings. The molecule has 5 heteroatoms. The lowest BCUT2D eigenvalue weighted by Gasteiger charge is -2.32. The second-order valence-electron chi connectivity index (χ2n) is 6.12. The predicted octanol–water partition coefficient (Wildman–Crippen LogP) is 3.41. The molecule has 0 saturated carbocycles. The first-order valence-corrected chi connectivity index (χ1v) is 8.76. The van der Waals surface area contributed by atoms with Crippen LogP contribution in [0.25, 0.3) is 11.0 Å². The van der Waals surface area contributed by atoms with Crippen LogP contribution in [0.4, 0.5) is 0 Å². The number of hydrogen-bond acceptors (Lipinski definition) is 4. The Kier molecular flexibility index (Phi) is 3.68. The molecule has 1 saturated heterocycles. The van der Waals surface area contributed by atoms with Gasteiger partial charge >= 0.3 is 0 Å². The van der Waals surface area contributed by atoms with E-state index >= 15 is 0 Å². The number of hydrogen-bond donors (Lipinski definition) is 0. The molecule has 1 aliphatic rings. The van der Waals surface area contributed by atoms with E-state index in [1.165, 1.54) is 30.6 Å². The highest BCUT2D eigenvalue weighted by Gasteiger charge is 2.23. The third-order valence-corrected chi connectivity index (χ3v) is 5.25. The van der Waals surface area contributed by atoms with Gasteiger partial charge in [0.1, 0.15) is 0 Å². The molecule has 0 unspecified atom stereocenters. The maximum absolute atomic E-state index is 4.87. The number of rotatable bonds is 3. The minimum absolute atomic E-state index is 0.534. The normalized spacial score (nSPS) is 19.8. The van der Waals surface area contributed by atoms with Crippen LogP contribution in [0, 0.1) is 0 Å². The molecule has 0 radical (unpaired) electrons. The zero-order valence-electron chi connectivity index (χ0n) is 12.8. The van der Waals surface area contributed by atoms with Crippen LogP contribution in [0.2, 0.25) is 0 Å². The van der Waals surface area contributed by atoms with Crippen LogP contribution >= 0.6 is 11.3 Å². The van der Waals surface area contributed by atoms with Crippen molar-refractivity contribution in [1.29, 1.82) is 0 Å². The zero-order chi connectivity index (χ0) is 14.9. The summed E-state index contributed by atoms with van der Waals surface area (Å²) in [6.07, 6.45) is 4.37. The topological polar surface area (TPSA) is 34.0 Å². The lowest BCUT2D eigenvalue weighted by Crippen LogP contribution is -2.34. The van der Waals surface area contributed by atoms with Gasteiger partial charge in [-0.05, 0) is 53.9 Å².